The third-order valence-electron chi connectivity index (χ3n) is 5.22. The van der Waals surface area contributed by atoms with Gasteiger partial charge in [-0.25, -0.2) is 12.8 Å². The molecular formula is C21H25FN2O6S. The number of para-hydroxylation sites is 1. The predicted octanol–water partition coefficient (Wildman–Crippen LogP) is 1.34. The van der Waals surface area contributed by atoms with Crippen molar-refractivity contribution in [2.75, 3.05) is 52.5 Å². The number of β-amino-alcohol motifs (C(OH)–C–C–N with tert-alkyl or cyclic N) is 1. The van der Waals surface area contributed by atoms with Gasteiger partial charge < -0.3 is 19.3 Å². The summed E-state index contributed by atoms with van der Waals surface area (Å²) in [7, 11) is -3.66. The second-order valence-electron chi connectivity index (χ2n) is 7.41. The van der Waals surface area contributed by atoms with Gasteiger partial charge in [0.1, 0.15) is 25.9 Å². The standard InChI is InChI=1S/C21H25FN2O6S/c22-18-3-1-2-4-19(18)30-15-16(25)14-23-7-9-24(10-8-23)31(26,27)17-5-6-20-21(13-17)29-12-11-28-20/h1-6,13,16,25H,7-12,14-15H2/t16-/m0/s1. The molecular weight excluding hydrogens is 427 g/mol. The summed E-state index contributed by atoms with van der Waals surface area (Å²) in [6.07, 6.45) is -0.819. The van der Waals surface area contributed by atoms with Crippen LogP contribution >= 0.6 is 0 Å². The molecule has 2 aromatic rings. The number of fused-ring (bicyclic) bond motifs is 1. The van der Waals surface area contributed by atoms with Gasteiger partial charge in [0.2, 0.25) is 10.0 Å². The highest BCUT2D eigenvalue weighted by Crippen LogP contribution is 2.33. The molecule has 0 radical (unpaired) electrons. The fourth-order valence-electron chi connectivity index (χ4n) is 3.58. The molecule has 0 unspecified atom stereocenters. The molecule has 4 rings (SSSR count). The van der Waals surface area contributed by atoms with Crippen molar-refractivity contribution in [3.05, 3.63) is 48.3 Å². The lowest BCUT2D eigenvalue weighted by atomic mass is 10.3. The molecule has 2 heterocycles. The maximum absolute atomic E-state index is 13.6. The number of sulfonamides is 1. The summed E-state index contributed by atoms with van der Waals surface area (Å²) in [5, 5.41) is 10.2. The Hall–Kier alpha value is -2.40. The van der Waals surface area contributed by atoms with Gasteiger partial charge in [-0.05, 0) is 24.3 Å². The molecule has 1 atom stereocenters. The number of piperazine rings is 1. The van der Waals surface area contributed by atoms with Gasteiger partial charge in [-0.15, -0.1) is 0 Å². The lowest BCUT2D eigenvalue weighted by molar-refractivity contribution is 0.0557. The normalized spacial score (nSPS) is 18.5. The van der Waals surface area contributed by atoms with Crippen LogP contribution < -0.4 is 14.2 Å². The Bertz CT molecular complexity index is 1010. The number of rotatable bonds is 7. The van der Waals surface area contributed by atoms with Gasteiger partial charge in [-0.1, -0.05) is 12.1 Å². The molecule has 2 aliphatic rings. The fourth-order valence-corrected chi connectivity index (χ4v) is 5.02. The second-order valence-corrected chi connectivity index (χ2v) is 9.34. The van der Waals surface area contributed by atoms with Gasteiger partial charge in [0.25, 0.3) is 0 Å². The summed E-state index contributed by atoms with van der Waals surface area (Å²) in [5.74, 6) is 0.593. The Kier molecular flexibility index (Phi) is 6.61. The van der Waals surface area contributed by atoms with E-state index in [-0.39, 0.29) is 17.3 Å². The fraction of sp³-hybridized carbons (Fsp3) is 0.429. The van der Waals surface area contributed by atoms with E-state index >= 15 is 0 Å². The molecule has 0 bridgehead atoms. The lowest BCUT2D eigenvalue weighted by Gasteiger charge is -2.35. The first-order valence-electron chi connectivity index (χ1n) is 10.1. The van der Waals surface area contributed by atoms with Crippen molar-refractivity contribution in [2.24, 2.45) is 0 Å². The molecule has 1 saturated heterocycles. The maximum atomic E-state index is 13.6. The number of aliphatic hydroxyl groups is 1. The summed E-state index contributed by atoms with van der Waals surface area (Å²) in [5.41, 5.74) is 0. The van der Waals surface area contributed by atoms with Crippen LogP contribution in [-0.4, -0.2) is 81.4 Å². The van der Waals surface area contributed by atoms with Gasteiger partial charge >= 0.3 is 0 Å². The van der Waals surface area contributed by atoms with E-state index in [1.54, 1.807) is 18.2 Å². The summed E-state index contributed by atoms with van der Waals surface area (Å²) in [6.45, 7) is 2.65. The van der Waals surface area contributed by atoms with Crippen molar-refractivity contribution < 1.29 is 32.1 Å². The second kappa shape index (κ2) is 9.39. The molecule has 1 fully saturated rings. The Morgan fingerprint density at radius 3 is 2.48 bits per heavy atom. The van der Waals surface area contributed by atoms with Crippen molar-refractivity contribution in [2.45, 2.75) is 11.0 Å². The Labute approximate surface area is 180 Å². The monoisotopic (exact) mass is 452 g/mol. The highest BCUT2D eigenvalue weighted by Gasteiger charge is 2.30. The molecule has 8 nitrogen and oxygen atoms in total. The van der Waals surface area contributed by atoms with E-state index in [0.29, 0.717) is 57.4 Å². The van der Waals surface area contributed by atoms with Crippen LogP contribution in [0.5, 0.6) is 17.2 Å². The summed E-state index contributed by atoms with van der Waals surface area (Å²) in [6, 6.07) is 10.7. The van der Waals surface area contributed by atoms with Crippen LogP contribution in [0.2, 0.25) is 0 Å². The van der Waals surface area contributed by atoms with Gasteiger partial charge in [0, 0.05) is 38.8 Å². The highest BCUT2D eigenvalue weighted by atomic mass is 32.2. The summed E-state index contributed by atoms with van der Waals surface area (Å²) in [4.78, 5) is 2.13. The third kappa shape index (κ3) is 5.09. The van der Waals surface area contributed by atoms with Crippen LogP contribution in [0.4, 0.5) is 4.39 Å². The van der Waals surface area contributed by atoms with E-state index < -0.39 is 21.9 Å². The minimum atomic E-state index is -3.66. The molecule has 2 aliphatic heterocycles. The predicted molar refractivity (Wildman–Crippen MR) is 111 cm³/mol. The van der Waals surface area contributed by atoms with Gasteiger partial charge in [0.05, 0.1) is 4.90 Å². The quantitative estimate of drug-likeness (QED) is 0.678. The molecule has 0 amide bonds. The Balaban J connectivity index is 1.29. The summed E-state index contributed by atoms with van der Waals surface area (Å²) < 4.78 is 57.3. The number of benzene rings is 2. The van der Waals surface area contributed by atoms with E-state index in [2.05, 4.69) is 0 Å². The molecule has 1 N–H and O–H groups in total. The largest absolute Gasteiger partial charge is 0.488 e. The minimum Gasteiger partial charge on any atom is -0.488 e. The maximum Gasteiger partial charge on any atom is 0.243 e. The number of hydrogen-bond acceptors (Lipinski definition) is 7. The third-order valence-corrected chi connectivity index (χ3v) is 7.11. The zero-order valence-corrected chi connectivity index (χ0v) is 17.8. The molecule has 31 heavy (non-hydrogen) atoms. The van der Waals surface area contributed by atoms with Gasteiger partial charge in [-0.2, -0.15) is 4.31 Å². The minimum absolute atomic E-state index is 0.0450. The summed E-state index contributed by atoms with van der Waals surface area (Å²) >= 11 is 0. The number of aliphatic hydroxyl groups excluding tert-OH is 1. The van der Waals surface area contributed by atoms with Crippen molar-refractivity contribution >= 4 is 10.0 Å². The number of nitrogens with zero attached hydrogens (tertiary/aromatic N) is 2. The number of ether oxygens (including phenoxy) is 3. The first-order valence-corrected chi connectivity index (χ1v) is 11.5. The smallest absolute Gasteiger partial charge is 0.243 e. The van der Waals surface area contributed by atoms with Gasteiger partial charge in [0.15, 0.2) is 23.1 Å². The average Bonchev–Trinajstić information content (AvgIpc) is 2.78. The van der Waals surface area contributed by atoms with E-state index in [0.717, 1.165) is 0 Å². The molecule has 2 aromatic carbocycles. The zero-order valence-electron chi connectivity index (χ0n) is 16.9. The molecule has 168 valence electrons. The molecule has 10 heteroatoms. The van der Waals surface area contributed by atoms with Gasteiger partial charge in [-0.3, -0.25) is 4.90 Å². The molecule has 0 aromatic heterocycles. The Morgan fingerprint density at radius 1 is 1.03 bits per heavy atom. The first kappa shape index (κ1) is 21.8. The van der Waals surface area contributed by atoms with Crippen LogP contribution in [-0.2, 0) is 10.0 Å². The Morgan fingerprint density at radius 2 is 1.74 bits per heavy atom. The van der Waals surface area contributed by atoms with Crippen LogP contribution in [0.3, 0.4) is 0 Å². The van der Waals surface area contributed by atoms with E-state index in [1.807, 2.05) is 4.90 Å². The van der Waals surface area contributed by atoms with E-state index in [9.17, 15) is 17.9 Å². The van der Waals surface area contributed by atoms with Crippen molar-refractivity contribution in [1.29, 1.82) is 0 Å². The van der Waals surface area contributed by atoms with Crippen molar-refractivity contribution in [3.8, 4) is 17.2 Å². The van der Waals surface area contributed by atoms with Crippen LogP contribution in [0.15, 0.2) is 47.4 Å². The van der Waals surface area contributed by atoms with Crippen molar-refractivity contribution in [1.82, 2.24) is 9.21 Å². The zero-order chi connectivity index (χ0) is 21.8. The van der Waals surface area contributed by atoms with Crippen molar-refractivity contribution in [3.63, 3.8) is 0 Å². The first-order chi connectivity index (χ1) is 14.9. The van der Waals surface area contributed by atoms with Crippen LogP contribution in [0.25, 0.3) is 0 Å². The van der Waals surface area contributed by atoms with Crippen LogP contribution in [0, 0.1) is 5.82 Å². The molecule has 0 saturated carbocycles. The number of hydrogen-bond donors (Lipinski definition) is 1. The molecule has 0 aliphatic carbocycles. The van der Waals surface area contributed by atoms with E-state index in [1.165, 1.54) is 28.6 Å². The number of halogens is 1. The SMILES string of the molecule is O=S(=O)(c1ccc2c(c1)OCCO2)N1CCN(C[C@H](O)COc2ccccc2F)CC1. The topological polar surface area (TPSA) is 88.5 Å². The highest BCUT2D eigenvalue weighted by molar-refractivity contribution is 7.89. The lowest BCUT2D eigenvalue weighted by Crippen LogP contribution is -2.50. The average molecular weight is 453 g/mol. The van der Waals surface area contributed by atoms with E-state index in [4.69, 9.17) is 14.2 Å². The molecule has 0 spiro atoms. The van der Waals surface area contributed by atoms with Crippen LogP contribution in [0.1, 0.15) is 0 Å².